The van der Waals surface area contributed by atoms with Gasteiger partial charge < -0.3 is 14.5 Å². The van der Waals surface area contributed by atoms with Gasteiger partial charge in [-0.1, -0.05) is 0 Å². The maximum atomic E-state index is 12.8. The third-order valence-corrected chi connectivity index (χ3v) is 5.42. The number of sulfone groups is 1. The van der Waals surface area contributed by atoms with E-state index in [1.54, 1.807) is 6.07 Å². The lowest BCUT2D eigenvalue weighted by molar-refractivity contribution is 0.0909. The first-order valence-electron chi connectivity index (χ1n) is 7.40. The van der Waals surface area contributed by atoms with Crippen molar-refractivity contribution < 1.29 is 26.8 Å². The smallest absolute Gasteiger partial charge is 0.287 e. The fourth-order valence-corrected chi connectivity index (χ4v) is 4.10. The standard InChI is InChI=1S/C16H16FNO5S/c17-11-1-3-13(4-2-11)22-9-14-5-6-15(23-14)16(19)18-12-7-8-24(20,21)10-12/h1-6,12H,7-10H2,(H,18,19). The highest BCUT2D eigenvalue weighted by molar-refractivity contribution is 7.91. The second-order valence-electron chi connectivity index (χ2n) is 5.58. The van der Waals surface area contributed by atoms with Crippen LogP contribution in [0.5, 0.6) is 5.75 Å². The predicted molar refractivity (Wildman–Crippen MR) is 84.0 cm³/mol. The van der Waals surface area contributed by atoms with Crippen LogP contribution in [0.2, 0.25) is 0 Å². The van der Waals surface area contributed by atoms with E-state index < -0.39 is 15.7 Å². The van der Waals surface area contributed by atoms with Gasteiger partial charge in [-0.2, -0.15) is 0 Å². The molecule has 1 aromatic heterocycles. The van der Waals surface area contributed by atoms with Crippen LogP contribution in [0.15, 0.2) is 40.8 Å². The second kappa shape index (κ2) is 6.64. The molecule has 0 aliphatic carbocycles. The fourth-order valence-electron chi connectivity index (χ4n) is 2.43. The van der Waals surface area contributed by atoms with Crippen molar-refractivity contribution in [2.45, 2.75) is 19.1 Å². The Morgan fingerprint density at radius 1 is 1.25 bits per heavy atom. The number of benzene rings is 1. The third kappa shape index (κ3) is 4.14. The maximum Gasteiger partial charge on any atom is 0.287 e. The number of halogens is 1. The van der Waals surface area contributed by atoms with Crippen molar-refractivity contribution in [2.75, 3.05) is 11.5 Å². The molecule has 0 bridgehead atoms. The van der Waals surface area contributed by atoms with Gasteiger partial charge in [0.2, 0.25) is 0 Å². The SMILES string of the molecule is O=C(NC1CCS(=O)(=O)C1)c1ccc(COc2ccc(F)cc2)o1. The molecule has 1 aliphatic rings. The molecule has 3 rings (SSSR count). The molecule has 6 nitrogen and oxygen atoms in total. The van der Waals surface area contributed by atoms with Gasteiger partial charge in [-0.3, -0.25) is 4.79 Å². The van der Waals surface area contributed by atoms with E-state index in [-0.39, 0.29) is 35.7 Å². The van der Waals surface area contributed by atoms with Crippen LogP contribution in [0.25, 0.3) is 0 Å². The van der Waals surface area contributed by atoms with Gasteiger partial charge in [0.05, 0.1) is 11.5 Å². The zero-order valence-electron chi connectivity index (χ0n) is 12.7. The van der Waals surface area contributed by atoms with Crippen LogP contribution >= 0.6 is 0 Å². The summed E-state index contributed by atoms with van der Waals surface area (Å²) in [5.41, 5.74) is 0. The first kappa shape index (κ1) is 16.5. The number of carbonyl (C=O) groups excluding carboxylic acids is 1. The van der Waals surface area contributed by atoms with E-state index in [1.807, 2.05) is 0 Å². The van der Waals surface area contributed by atoms with Gasteiger partial charge in [-0.05, 0) is 42.8 Å². The summed E-state index contributed by atoms with van der Waals surface area (Å²) in [6.45, 7) is 0.0940. The number of rotatable bonds is 5. The zero-order chi connectivity index (χ0) is 17.2. The van der Waals surface area contributed by atoms with E-state index in [2.05, 4.69) is 5.32 Å². The van der Waals surface area contributed by atoms with E-state index in [9.17, 15) is 17.6 Å². The molecule has 1 saturated heterocycles. The quantitative estimate of drug-likeness (QED) is 0.887. The molecular formula is C16H16FNO5S. The van der Waals surface area contributed by atoms with E-state index in [1.165, 1.54) is 30.3 Å². The van der Waals surface area contributed by atoms with E-state index in [0.717, 1.165) is 0 Å². The zero-order valence-corrected chi connectivity index (χ0v) is 13.5. The summed E-state index contributed by atoms with van der Waals surface area (Å²) in [6, 6.07) is 8.27. The molecule has 1 unspecified atom stereocenters. The average Bonchev–Trinajstić information content (AvgIpc) is 3.13. The lowest BCUT2D eigenvalue weighted by atomic mass is 10.2. The first-order valence-corrected chi connectivity index (χ1v) is 9.22. The summed E-state index contributed by atoms with van der Waals surface area (Å²) in [4.78, 5) is 12.1. The number of hydrogen-bond acceptors (Lipinski definition) is 5. The molecule has 8 heteroatoms. The van der Waals surface area contributed by atoms with Crippen LogP contribution in [-0.2, 0) is 16.4 Å². The van der Waals surface area contributed by atoms with Crippen molar-refractivity contribution in [1.29, 1.82) is 0 Å². The number of hydrogen-bond donors (Lipinski definition) is 1. The Morgan fingerprint density at radius 2 is 2.00 bits per heavy atom. The maximum absolute atomic E-state index is 12.8. The normalized spacial score (nSPS) is 19.1. The molecule has 1 aliphatic heterocycles. The van der Waals surface area contributed by atoms with Crippen molar-refractivity contribution in [3.8, 4) is 5.75 Å². The van der Waals surface area contributed by atoms with Gasteiger partial charge in [0.15, 0.2) is 15.6 Å². The largest absolute Gasteiger partial charge is 0.486 e. The van der Waals surface area contributed by atoms with Gasteiger partial charge >= 0.3 is 0 Å². The highest BCUT2D eigenvalue weighted by atomic mass is 32.2. The molecule has 1 N–H and O–H groups in total. The van der Waals surface area contributed by atoms with Crippen LogP contribution in [0, 0.1) is 5.82 Å². The number of amides is 1. The minimum absolute atomic E-state index is 0.0417. The van der Waals surface area contributed by atoms with Gasteiger partial charge in [-0.25, -0.2) is 12.8 Å². The Kier molecular flexibility index (Phi) is 4.57. The van der Waals surface area contributed by atoms with Gasteiger partial charge in [-0.15, -0.1) is 0 Å². The van der Waals surface area contributed by atoms with Crippen molar-refractivity contribution in [1.82, 2.24) is 5.32 Å². The van der Waals surface area contributed by atoms with Crippen molar-refractivity contribution in [3.05, 3.63) is 53.7 Å². The lowest BCUT2D eigenvalue weighted by Crippen LogP contribution is -2.35. The molecule has 1 fully saturated rings. The highest BCUT2D eigenvalue weighted by Gasteiger charge is 2.29. The molecule has 128 valence electrons. The average molecular weight is 353 g/mol. The fraction of sp³-hybridized carbons (Fsp3) is 0.312. The predicted octanol–water partition coefficient (Wildman–Crippen LogP) is 1.91. The Bertz CT molecular complexity index is 828. The van der Waals surface area contributed by atoms with Crippen LogP contribution in [0.3, 0.4) is 0 Å². The van der Waals surface area contributed by atoms with Crippen molar-refractivity contribution >= 4 is 15.7 Å². The van der Waals surface area contributed by atoms with Crippen LogP contribution in [-0.4, -0.2) is 31.9 Å². The van der Waals surface area contributed by atoms with Gasteiger partial charge in [0.1, 0.15) is 23.9 Å². The molecule has 0 saturated carbocycles. The molecule has 1 amide bonds. The summed E-state index contributed by atoms with van der Waals surface area (Å²) in [5, 5.41) is 2.65. The van der Waals surface area contributed by atoms with E-state index in [0.29, 0.717) is 17.9 Å². The van der Waals surface area contributed by atoms with Crippen molar-refractivity contribution in [2.24, 2.45) is 0 Å². The van der Waals surface area contributed by atoms with Crippen LogP contribution < -0.4 is 10.1 Å². The molecule has 0 spiro atoms. The second-order valence-corrected chi connectivity index (χ2v) is 7.81. The van der Waals surface area contributed by atoms with Gasteiger partial charge in [0, 0.05) is 6.04 Å². The molecule has 2 aromatic rings. The lowest BCUT2D eigenvalue weighted by Gasteiger charge is -2.08. The molecule has 24 heavy (non-hydrogen) atoms. The summed E-state index contributed by atoms with van der Waals surface area (Å²) in [5.74, 6) is 0.251. The molecule has 1 aromatic carbocycles. The molecule has 2 heterocycles. The number of nitrogens with one attached hydrogen (secondary N) is 1. The van der Waals surface area contributed by atoms with Crippen molar-refractivity contribution in [3.63, 3.8) is 0 Å². The number of carbonyl (C=O) groups is 1. The molecular weight excluding hydrogens is 337 g/mol. The molecule has 0 radical (unpaired) electrons. The van der Waals surface area contributed by atoms with Crippen LogP contribution in [0.4, 0.5) is 4.39 Å². The summed E-state index contributed by atoms with van der Waals surface area (Å²) in [6.07, 6.45) is 0.412. The summed E-state index contributed by atoms with van der Waals surface area (Å²) in [7, 11) is -3.05. The third-order valence-electron chi connectivity index (χ3n) is 3.65. The first-order chi connectivity index (χ1) is 11.4. The number of furan rings is 1. The monoisotopic (exact) mass is 353 g/mol. The Labute approximate surface area is 138 Å². The van der Waals surface area contributed by atoms with E-state index >= 15 is 0 Å². The molecule has 1 atom stereocenters. The van der Waals surface area contributed by atoms with Gasteiger partial charge in [0.25, 0.3) is 5.91 Å². The Morgan fingerprint density at radius 3 is 2.67 bits per heavy atom. The Balaban J connectivity index is 1.55. The minimum atomic E-state index is -3.05. The number of ether oxygens (including phenoxy) is 1. The minimum Gasteiger partial charge on any atom is -0.486 e. The highest BCUT2D eigenvalue weighted by Crippen LogP contribution is 2.16. The summed E-state index contributed by atoms with van der Waals surface area (Å²) >= 11 is 0. The topological polar surface area (TPSA) is 85.6 Å². The Hall–Kier alpha value is -2.35. The van der Waals surface area contributed by atoms with E-state index in [4.69, 9.17) is 9.15 Å². The van der Waals surface area contributed by atoms with Crippen LogP contribution in [0.1, 0.15) is 22.7 Å². The summed E-state index contributed by atoms with van der Waals surface area (Å²) < 4.78 is 46.4.